The molecule has 2 heterocycles. The molecule has 0 saturated heterocycles. The standard InChI is InChI=1S/C18H16BrF3N4O2/c1-9(27)12-6-11(18(20,21)22)7-23-17(12)28-14-5-4-13-16(15(14)19)24-25-26(13)8-10-2-3-10/h4-7,9-10,27H,2-3,8H2,1H3. The number of aliphatic hydroxyl groups excluding tert-OH is 1. The van der Waals surface area contributed by atoms with Gasteiger partial charge in [0.2, 0.25) is 5.88 Å². The van der Waals surface area contributed by atoms with E-state index in [0.29, 0.717) is 27.9 Å². The van der Waals surface area contributed by atoms with Crippen LogP contribution in [0.5, 0.6) is 11.6 Å². The largest absolute Gasteiger partial charge is 0.437 e. The van der Waals surface area contributed by atoms with Crippen molar-refractivity contribution in [3.05, 3.63) is 40.0 Å². The fraction of sp³-hybridized carbons (Fsp3) is 0.389. The number of benzene rings is 1. The summed E-state index contributed by atoms with van der Waals surface area (Å²) >= 11 is 3.43. The molecule has 1 aromatic carbocycles. The molecule has 3 aromatic rings. The molecular weight excluding hydrogens is 441 g/mol. The smallest absolute Gasteiger partial charge is 0.417 e. The van der Waals surface area contributed by atoms with Crippen molar-refractivity contribution in [2.24, 2.45) is 5.92 Å². The number of halogens is 4. The molecule has 0 spiro atoms. The molecule has 1 saturated carbocycles. The fourth-order valence-corrected chi connectivity index (χ4v) is 3.35. The van der Waals surface area contributed by atoms with Gasteiger partial charge < -0.3 is 9.84 Å². The number of nitrogens with zero attached hydrogens (tertiary/aromatic N) is 4. The van der Waals surface area contributed by atoms with E-state index in [1.165, 1.54) is 19.8 Å². The maximum atomic E-state index is 12.9. The number of rotatable bonds is 5. The average molecular weight is 457 g/mol. The van der Waals surface area contributed by atoms with Crippen LogP contribution in [-0.2, 0) is 12.7 Å². The third-order valence-electron chi connectivity index (χ3n) is 4.58. The molecule has 6 nitrogen and oxygen atoms in total. The Morgan fingerprint density at radius 3 is 2.75 bits per heavy atom. The molecule has 4 rings (SSSR count). The first-order valence-electron chi connectivity index (χ1n) is 8.69. The van der Waals surface area contributed by atoms with Crippen molar-refractivity contribution in [1.82, 2.24) is 20.0 Å². The highest BCUT2D eigenvalue weighted by Gasteiger charge is 2.32. The van der Waals surface area contributed by atoms with Crippen molar-refractivity contribution in [3.8, 4) is 11.6 Å². The van der Waals surface area contributed by atoms with Gasteiger partial charge in [0.15, 0.2) is 0 Å². The minimum absolute atomic E-state index is 0.0563. The Kier molecular flexibility index (Phi) is 4.78. The van der Waals surface area contributed by atoms with Crippen LogP contribution >= 0.6 is 15.9 Å². The lowest BCUT2D eigenvalue weighted by molar-refractivity contribution is -0.137. The lowest BCUT2D eigenvalue weighted by atomic mass is 10.1. The Morgan fingerprint density at radius 2 is 2.11 bits per heavy atom. The average Bonchev–Trinajstić information content (AvgIpc) is 3.35. The van der Waals surface area contributed by atoms with Gasteiger partial charge in [0.05, 0.1) is 21.7 Å². The summed E-state index contributed by atoms with van der Waals surface area (Å²) in [6.07, 6.45) is -2.70. The molecular formula is C18H16BrF3N4O2. The van der Waals surface area contributed by atoms with E-state index < -0.39 is 17.8 Å². The van der Waals surface area contributed by atoms with Gasteiger partial charge in [-0.3, -0.25) is 0 Å². The highest BCUT2D eigenvalue weighted by molar-refractivity contribution is 9.10. The second-order valence-electron chi connectivity index (χ2n) is 6.85. The number of alkyl halides is 3. The van der Waals surface area contributed by atoms with Gasteiger partial charge in [-0.05, 0) is 59.8 Å². The maximum absolute atomic E-state index is 12.9. The summed E-state index contributed by atoms with van der Waals surface area (Å²) in [5, 5.41) is 18.2. The van der Waals surface area contributed by atoms with Crippen LogP contribution in [0, 0.1) is 5.92 Å². The van der Waals surface area contributed by atoms with E-state index in [-0.39, 0.29) is 11.4 Å². The number of hydrogen-bond acceptors (Lipinski definition) is 5. The molecule has 1 aliphatic rings. The molecule has 1 unspecified atom stereocenters. The minimum Gasteiger partial charge on any atom is -0.437 e. The summed E-state index contributed by atoms with van der Waals surface area (Å²) in [5.41, 5.74) is 0.415. The zero-order chi connectivity index (χ0) is 20.1. The molecule has 28 heavy (non-hydrogen) atoms. The molecule has 0 aliphatic heterocycles. The predicted octanol–water partition coefficient (Wildman–Crippen LogP) is 4.86. The van der Waals surface area contributed by atoms with Crippen LogP contribution in [0.2, 0.25) is 0 Å². The number of hydrogen-bond donors (Lipinski definition) is 1. The lowest BCUT2D eigenvalue weighted by Gasteiger charge is -2.15. The second-order valence-corrected chi connectivity index (χ2v) is 7.65. The zero-order valence-corrected chi connectivity index (χ0v) is 16.3. The van der Waals surface area contributed by atoms with E-state index in [9.17, 15) is 18.3 Å². The molecule has 0 bridgehead atoms. The van der Waals surface area contributed by atoms with Gasteiger partial charge in [0.25, 0.3) is 0 Å². The number of ether oxygens (including phenoxy) is 1. The van der Waals surface area contributed by atoms with Gasteiger partial charge in [0, 0.05) is 18.3 Å². The molecule has 148 valence electrons. The molecule has 10 heteroatoms. The van der Waals surface area contributed by atoms with E-state index in [4.69, 9.17) is 4.74 Å². The second kappa shape index (κ2) is 7.00. The lowest BCUT2D eigenvalue weighted by Crippen LogP contribution is -2.09. The third-order valence-corrected chi connectivity index (χ3v) is 5.35. The van der Waals surface area contributed by atoms with Crippen LogP contribution in [0.3, 0.4) is 0 Å². The van der Waals surface area contributed by atoms with Gasteiger partial charge in [-0.1, -0.05) is 5.21 Å². The van der Waals surface area contributed by atoms with Crippen LogP contribution < -0.4 is 4.74 Å². The molecule has 2 aromatic heterocycles. The first kappa shape index (κ1) is 19.1. The highest BCUT2D eigenvalue weighted by Crippen LogP contribution is 2.39. The number of pyridine rings is 1. The van der Waals surface area contributed by atoms with Crippen molar-refractivity contribution < 1.29 is 23.0 Å². The molecule has 1 atom stereocenters. The molecule has 0 amide bonds. The van der Waals surface area contributed by atoms with E-state index in [1.807, 2.05) is 4.68 Å². The summed E-state index contributed by atoms with van der Waals surface area (Å²) in [7, 11) is 0. The summed E-state index contributed by atoms with van der Waals surface area (Å²) < 4.78 is 46.9. The van der Waals surface area contributed by atoms with Crippen LogP contribution in [-0.4, -0.2) is 25.1 Å². The third kappa shape index (κ3) is 3.70. The monoisotopic (exact) mass is 456 g/mol. The van der Waals surface area contributed by atoms with Crippen molar-refractivity contribution in [2.75, 3.05) is 0 Å². The molecule has 1 aliphatic carbocycles. The number of fused-ring (bicyclic) bond motifs is 1. The Hall–Kier alpha value is -2.20. The van der Waals surface area contributed by atoms with Gasteiger partial charge >= 0.3 is 6.18 Å². The Balaban J connectivity index is 1.68. The highest BCUT2D eigenvalue weighted by atomic mass is 79.9. The summed E-state index contributed by atoms with van der Waals surface area (Å²) in [4.78, 5) is 3.77. The Morgan fingerprint density at radius 1 is 1.36 bits per heavy atom. The van der Waals surface area contributed by atoms with Gasteiger partial charge in [-0.2, -0.15) is 13.2 Å². The van der Waals surface area contributed by atoms with Crippen LogP contribution in [0.25, 0.3) is 11.0 Å². The molecule has 0 radical (unpaired) electrons. The van der Waals surface area contributed by atoms with Crippen LogP contribution in [0.1, 0.15) is 37.0 Å². The maximum Gasteiger partial charge on any atom is 0.417 e. The van der Waals surface area contributed by atoms with Gasteiger partial charge in [0.1, 0.15) is 11.3 Å². The van der Waals surface area contributed by atoms with Crippen LogP contribution in [0.4, 0.5) is 13.2 Å². The SMILES string of the molecule is CC(O)c1cc(C(F)(F)F)cnc1Oc1ccc2c(nnn2CC2CC2)c1Br. The van der Waals surface area contributed by atoms with Crippen molar-refractivity contribution in [1.29, 1.82) is 0 Å². The summed E-state index contributed by atoms with van der Waals surface area (Å²) in [5.74, 6) is 0.845. The first-order chi connectivity index (χ1) is 13.2. The predicted molar refractivity (Wildman–Crippen MR) is 97.9 cm³/mol. The number of aromatic nitrogens is 4. The van der Waals surface area contributed by atoms with Crippen LogP contribution in [0.15, 0.2) is 28.9 Å². The Labute approximate surface area is 166 Å². The topological polar surface area (TPSA) is 73.1 Å². The first-order valence-corrected chi connectivity index (χ1v) is 9.48. The molecule has 1 N–H and O–H groups in total. The van der Waals surface area contributed by atoms with Crippen molar-refractivity contribution in [2.45, 2.75) is 38.6 Å². The Bertz CT molecular complexity index is 1030. The summed E-state index contributed by atoms with van der Waals surface area (Å²) in [6, 6.07) is 4.31. The minimum atomic E-state index is -4.56. The fourth-order valence-electron chi connectivity index (χ4n) is 2.86. The van der Waals surface area contributed by atoms with Crippen molar-refractivity contribution >= 4 is 27.0 Å². The quantitative estimate of drug-likeness (QED) is 0.593. The summed E-state index contributed by atoms with van der Waals surface area (Å²) in [6.45, 7) is 2.15. The van der Waals surface area contributed by atoms with Gasteiger partial charge in [-0.15, -0.1) is 5.10 Å². The number of aliphatic hydroxyl groups is 1. The van der Waals surface area contributed by atoms with E-state index in [1.54, 1.807) is 12.1 Å². The zero-order valence-electron chi connectivity index (χ0n) is 14.7. The van der Waals surface area contributed by atoms with E-state index in [2.05, 4.69) is 31.2 Å². The van der Waals surface area contributed by atoms with Gasteiger partial charge in [-0.25, -0.2) is 9.67 Å². The van der Waals surface area contributed by atoms with E-state index >= 15 is 0 Å². The van der Waals surface area contributed by atoms with E-state index in [0.717, 1.165) is 18.1 Å². The molecule has 1 fully saturated rings. The normalized spacial score (nSPS) is 15.8. The van der Waals surface area contributed by atoms with Crippen molar-refractivity contribution in [3.63, 3.8) is 0 Å².